The summed E-state index contributed by atoms with van der Waals surface area (Å²) in [5, 5.41) is 10.6. The van der Waals surface area contributed by atoms with Crippen molar-refractivity contribution in [1.29, 1.82) is 0 Å². The number of hydrogen-bond acceptors (Lipinski definition) is 15. The maximum atomic E-state index is 13.0. The first-order chi connectivity index (χ1) is 44.1. The van der Waals surface area contributed by atoms with Crippen LogP contribution in [0.3, 0.4) is 0 Å². The number of hydrogen-bond donors (Lipinski definition) is 3. The number of esters is 4. The number of aliphatic hydroxyl groups excluding tert-OH is 1. The van der Waals surface area contributed by atoms with Crippen molar-refractivity contribution in [3.8, 4) is 0 Å². The zero-order valence-corrected chi connectivity index (χ0v) is 62.0. The van der Waals surface area contributed by atoms with Crippen molar-refractivity contribution in [2.24, 2.45) is 23.7 Å². The Morgan fingerprint density at radius 2 is 0.522 bits per heavy atom. The molecule has 546 valence electrons. The van der Waals surface area contributed by atoms with Crippen molar-refractivity contribution in [2.75, 3.05) is 39.6 Å². The Balaban J connectivity index is 5.17. The summed E-state index contributed by atoms with van der Waals surface area (Å²) in [5.74, 6) is 0.847. The fourth-order valence-electron chi connectivity index (χ4n) is 11.0. The smallest absolute Gasteiger partial charge is 0.462 e. The van der Waals surface area contributed by atoms with E-state index in [1.165, 1.54) is 161 Å². The Kier molecular flexibility index (Phi) is 61.3. The van der Waals surface area contributed by atoms with Gasteiger partial charge >= 0.3 is 39.5 Å². The van der Waals surface area contributed by atoms with Gasteiger partial charge in [-0.25, -0.2) is 9.13 Å². The number of aliphatic hydroxyl groups is 1. The molecule has 3 N–H and O–H groups in total. The largest absolute Gasteiger partial charge is 0.472 e. The van der Waals surface area contributed by atoms with Gasteiger partial charge in [0.2, 0.25) is 0 Å². The molecular weight excluding hydrogens is 1210 g/mol. The molecule has 0 aliphatic rings. The Morgan fingerprint density at radius 1 is 0.304 bits per heavy atom. The highest BCUT2D eigenvalue weighted by Gasteiger charge is 2.30. The van der Waals surface area contributed by atoms with Crippen LogP contribution in [-0.2, 0) is 65.4 Å². The molecule has 0 aromatic carbocycles. The zero-order chi connectivity index (χ0) is 68.2. The maximum absolute atomic E-state index is 13.0. The average Bonchev–Trinajstić information content (AvgIpc) is 2.78. The van der Waals surface area contributed by atoms with Crippen LogP contribution in [-0.4, -0.2) is 96.7 Å². The Bertz CT molecular complexity index is 1820. The topological polar surface area (TPSA) is 237 Å². The van der Waals surface area contributed by atoms with Crippen LogP contribution < -0.4 is 0 Å². The van der Waals surface area contributed by atoms with Gasteiger partial charge in [0.25, 0.3) is 0 Å². The van der Waals surface area contributed by atoms with E-state index < -0.39 is 97.5 Å². The van der Waals surface area contributed by atoms with E-state index in [1.54, 1.807) is 0 Å². The molecule has 0 saturated heterocycles. The van der Waals surface area contributed by atoms with Gasteiger partial charge in [-0.1, -0.05) is 312 Å². The standard InChI is InChI=1S/C73H142O17P2/c1-9-66(8)52-44-36-30-32-40-48-56-73(78)90-69(59-83-70(75)53-45-37-27-23-19-15-13-11-10-12-14-17-21-25-33-41-49-63(2)3)62-88-92(81,82)86-58-67(74)57-85-91(79,80)87-61-68(60-84-71(76)54-46-38-31-29-35-43-51-65(6)7)89-72(77)55-47-39-28-24-20-16-18-22-26-34-42-50-64(4)5/h63-69,74H,9-62H2,1-8H3,(H,79,80)(H,81,82)/t66?,67-,68+,69+/m0/s1. The van der Waals surface area contributed by atoms with Gasteiger partial charge in [-0.05, 0) is 49.4 Å². The fourth-order valence-corrected chi connectivity index (χ4v) is 12.6. The predicted molar refractivity (Wildman–Crippen MR) is 372 cm³/mol. The molecule has 0 aliphatic carbocycles. The van der Waals surface area contributed by atoms with Crippen LogP contribution in [0.25, 0.3) is 0 Å². The Labute approximate surface area is 562 Å². The van der Waals surface area contributed by atoms with Gasteiger partial charge in [0, 0.05) is 25.7 Å². The second-order valence-electron chi connectivity index (χ2n) is 28.0. The van der Waals surface area contributed by atoms with Crippen molar-refractivity contribution in [1.82, 2.24) is 0 Å². The third kappa shape index (κ3) is 65.4. The summed E-state index contributed by atoms with van der Waals surface area (Å²) >= 11 is 0. The van der Waals surface area contributed by atoms with Crippen molar-refractivity contribution < 1.29 is 80.2 Å². The van der Waals surface area contributed by atoms with E-state index in [-0.39, 0.29) is 25.7 Å². The highest BCUT2D eigenvalue weighted by atomic mass is 31.2. The van der Waals surface area contributed by atoms with E-state index in [4.69, 9.17) is 37.0 Å². The van der Waals surface area contributed by atoms with Crippen LogP contribution in [0.2, 0.25) is 0 Å². The molecular formula is C73H142O17P2. The van der Waals surface area contributed by atoms with Gasteiger partial charge in [0.05, 0.1) is 26.4 Å². The third-order valence-corrected chi connectivity index (χ3v) is 19.1. The lowest BCUT2D eigenvalue weighted by atomic mass is 10.00. The fraction of sp³-hybridized carbons (Fsp3) is 0.945. The molecule has 0 aromatic heterocycles. The molecule has 0 spiro atoms. The summed E-state index contributed by atoms with van der Waals surface area (Å²) in [5.41, 5.74) is 0. The monoisotopic (exact) mass is 1350 g/mol. The first kappa shape index (κ1) is 90.1. The molecule has 0 aromatic rings. The summed E-state index contributed by atoms with van der Waals surface area (Å²) in [7, 11) is -9.91. The van der Waals surface area contributed by atoms with E-state index in [0.717, 1.165) is 114 Å². The molecule has 0 aliphatic heterocycles. The molecule has 0 saturated carbocycles. The highest BCUT2D eigenvalue weighted by Crippen LogP contribution is 2.45. The van der Waals surface area contributed by atoms with E-state index in [2.05, 4.69) is 55.4 Å². The zero-order valence-electron chi connectivity index (χ0n) is 60.2. The number of phosphoric acid groups is 2. The molecule has 17 nitrogen and oxygen atoms in total. The van der Waals surface area contributed by atoms with Crippen LogP contribution in [0.4, 0.5) is 0 Å². The minimum atomic E-state index is -4.95. The molecule has 6 atom stereocenters. The molecule has 0 heterocycles. The number of carbonyl (C=O) groups excluding carboxylic acids is 4. The lowest BCUT2D eigenvalue weighted by Crippen LogP contribution is -2.30. The first-order valence-corrected chi connectivity index (χ1v) is 40.7. The van der Waals surface area contributed by atoms with Gasteiger partial charge in [-0.15, -0.1) is 0 Å². The van der Waals surface area contributed by atoms with Crippen LogP contribution in [0.15, 0.2) is 0 Å². The summed E-state index contributed by atoms with van der Waals surface area (Å²) in [6.45, 7) is 14.1. The molecule has 0 bridgehead atoms. The van der Waals surface area contributed by atoms with Gasteiger partial charge in [-0.2, -0.15) is 0 Å². The summed E-state index contributed by atoms with van der Waals surface area (Å²) in [6.07, 6.45) is 46.1. The maximum Gasteiger partial charge on any atom is 0.472 e. The van der Waals surface area contributed by atoms with Gasteiger partial charge in [-0.3, -0.25) is 37.3 Å². The predicted octanol–water partition coefficient (Wildman–Crippen LogP) is 20.9. The molecule has 0 fully saturated rings. The molecule has 3 unspecified atom stereocenters. The lowest BCUT2D eigenvalue weighted by Gasteiger charge is -2.21. The molecule has 92 heavy (non-hydrogen) atoms. The van der Waals surface area contributed by atoms with Crippen LogP contribution >= 0.6 is 15.6 Å². The molecule has 0 rings (SSSR count). The third-order valence-electron chi connectivity index (χ3n) is 17.2. The number of unbranched alkanes of at least 4 members (excludes halogenated alkanes) is 35. The summed E-state index contributed by atoms with van der Waals surface area (Å²) in [6, 6.07) is 0. The normalized spacial score (nSPS) is 14.5. The lowest BCUT2D eigenvalue weighted by molar-refractivity contribution is -0.161. The number of rotatable bonds is 70. The second-order valence-corrected chi connectivity index (χ2v) is 30.9. The quantitative estimate of drug-likeness (QED) is 0.0222. The number of ether oxygens (including phenoxy) is 4. The minimum absolute atomic E-state index is 0.103. The molecule has 19 heteroatoms. The molecule has 0 radical (unpaired) electrons. The summed E-state index contributed by atoms with van der Waals surface area (Å²) in [4.78, 5) is 72.6. The SMILES string of the molecule is CCC(C)CCCCCCCCC(=O)O[C@H](COC(=O)CCCCCCCCCCCCCCCCCCC(C)C)COP(=O)(O)OC[C@@H](O)COP(=O)(O)OC[C@@H](COC(=O)CCCCCCCCC(C)C)OC(=O)CCCCCCCCCCCCCC(C)C. The highest BCUT2D eigenvalue weighted by molar-refractivity contribution is 7.47. The van der Waals surface area contributed by atoms with Crippen LogP contribution in [0.1, 0.15) is 364 Å². The second kappa shape index (κ2) is 62.6. The van der Waals surface area contributed by atoms with Crippen molar-refractivity contribution >= 4 is 39.5 Å². The van der Waals surface area contributed by atoms with Crippen molar-refractivity contribution in [2.45, 2.75) is 382 Å². The van der Waals surface area contributed by atoms with Crippen LogP contribution in [0, 0.1) is 23.7 Å². The van der Waals surface area contributed by atoms with Gasteiger partial charge in [0.1, 0.15) is 19.3 Å². The van der Waals surface area contributed by atoms with Gasteiger partial charge < -0.3 is 33.8 Å². The van der Waals surface area contributed by atoms with Crippen molar-refractivity contribution in [3.63, 3.8) is 0 Å². The van der Waals surface area contributed by atoms with E-state index in [9.17, 15) is 43.2 Å². The van der Waals surface area contributed by atoms with Crippen molar-refractivity contribution in [3.05, 3.63) is 0 Å². The average molecular weight is 1350 g/mol. The van der Waals surface area contributed by atoms with Gasteiger partial charge in [0.15, 0.2) is 12.2 Å². The van der Waals surface area contributed by atoms with E-state index >= 15 is 0 Å². The summed E-state index contributed by atoms with van der Waals surface area (Å²) < 4.78 is 68.3. The minimum Gasteiger partial charge on any atom is -0.462 e. The Hall–Kier alpha value is -1.94. The first-order valence-electron chi connectivity index (χ1n) is 37.7. The van der Waals surface area contributed by atoms with E-state index in [1.807, 2.05) is 0 Å². The van der Waals surface area contributed by atoms with E-state index in [0.29, 0.717) is 31.6 Å². The number of phosphoric ester groups is 2. The number of carbonyl (C=O) groups is 4. The Morgan fingerprint density at radius 3 is 0.772 bits per heavy atom. The van der Waals surface area contributed by atoms with Crippen LogP contribution in [0.5, 0.6) is 0 Å². The molecule has 0 amide bonds.